The third kappa shape index (κ3) is 3.59. The lowest BCUT2D eigenvalue weighted by Gasteiger charge is -2.17. The molecule has 3 heteroatoms. The summed E-state index contributed by atoms with van der Waals surface area (Å²) in [4.78, 5) is 11.0. The molecule has 15 heavy (non-hydrogen) atoms. The average Bonchev–Trinajstić information content (AvgIpc) is 2.26. The molecule has 1 amide bonds. The van der Waals surface area contributed by atoms with Crippen molar-refractivity contribution < 1.29 is 4.79 Å². The molecule has 0 aliphatic heterocycles. The molecular formula is C12H17NOS. The Morgan fingerprint density at radius 3 is 2.47 bits per heavy atom. The van der Waals surface area contributed by atoms with Crippen LogP contribution in [-0.4, -0.2) is 11.2 Å². The van der Waals surface area contributed by atoms with Crippen molar-refractivity contribution in [3.8, 4) is 0 Å². The molecule has 0 bridgehead atoms. The van der Waals surface area contributed by atoms with Crippen LogP contribution in [-0.2, 0) is 4.79 Å². The van der Waals surface area contributed by atoms with Gasteiger partial charge in [0.25, 0.3) is 0 Å². The zero-order valence-corrected chi connectivity index (χ0v) is 9.96. The van der Waals surface area contributed by atoms with E-state index in [0.717, 1.165) is 6.42 Å². The molecule has 1 aromatic carbocycles. The lowest BCUT2D eigenvalue weighted by atomic mass is 10.1. The first-order valence-electron chi connectivity index (χ1n) is 5.14. The van der Waals surface area contributed by atoms with Gasteiger partial charge >= 0.3 is 0 Å². The Morgan fingerprint density at radius 2 is 2.00 bits per heavy atom. The number of thioether (sulfide) groups is 1. The first-order chi connectivity index (χ1) is 7.15. The first kappa shape index (κ1) is 12.1. The average molecular weight is 223 g/mol. The number of hydrogen-bond acceptors (Lipinski definition) is 2. The Kier molecular flexibility index (Phi) is 4.69. The molecule has 2 N–H and O–H groups in total. The van der Waals surface area contributed by atoms with E-state index < -0.39 is 0 Å². The van der Waals surface area contributed by atoms with E-state index in [9.17, 15) is 4.79 Å². The van der Waals surface area contributed by atoms with Gasteiger partial charge in [0, 0.05) is 5.25 Å². The van der Waals surface area contributed by atoms with Gasteiger partial charge in [-0.3, -0.25) is 4.79 Å². The van der Waals surface area contributed by atoms with Crippen molar-refractivity contribution in [2.24, 2.45) is 5.73 Å². The molecular weight excluding hydrogens is 206 g/mol. The van der Waals surface area contributed by atoms with Gasteiger partial charge in [-0.2, -0.15) is 0 Å². The van der Waals surface area contributed by atoms with Crippen molar-refractivity contribution in [2.45, 2.75) is 30.8 Å². The molecule has 0 aliphatic carbocycles. The summed E-state index contributed by atoms with van der Waals surface area (Å²) in [6.45, 7) is 3.98. The second-order valence-electron chi connectivity index (χ2n) is 3.49. The predicted molar refractivity (Wildman–Crippen MR) is 65.7 cm³/mol. The summed E-state index contributed by atoms with van der Waals surface area (Å²) in [5.41, 5.74) is 6.52. The molecule has 1 rings (SSSR count). The highest BCUT2D eigenvalue weighted by molar-refractivity contribution is 8.00. The van der Waals surface area contributed by atoms with Gasteiger partial charge in [-0.25, -0.2) is 0 Å². The number of carbonyl (C=O) groups excluding carboxylic acids is 1. The van der Waals surface area contributed by atoms with Gasteiger partial charge in [0.15, 0.2) is 0 Å². The van der Waals surface area contributed by atoms with Crippen molar-refractivity contribution in [1.82, 2.24) is 0 Å². The van der Waals surface area contributed by atoms with Crippen molar-refractivity contribution in [3.05, 3.63) is 35.9 Å². The highest BCUT2D eigenvalue weighted by Crippen LogP contribution is 2.34. The van der Waals surface area contributed by atoms with Crippen LogP contribution >= 0.6 is 11.8 Å². The molecule has 2 atom stereocenters. The number of amides is 1. The molecule has 0 heterocycles. The second-order valence-corrected chi connectivity index (χ2v) is 5.04. The summed E-state index contributed by atoms with van der Waals surface area (Å²) in [5.74, 6) is -0.241. The standard InChI is InChI=1S/C12H17NOS/c1-3-11(15-9(2)12(13)14)10-7-5-4-6-8-10/h4-9,11H,3H2,1-2H3,(H2,13,14)/t9-,11+/m0/s1. The van der Waals surface area contributed by atoms with Crippen LogP contribution in [0.2, 0.25) is 0 Å². The number of primary amides is 1. The van der Waals surface area contributed by atoms with E-state index in [0.29, 0.717) is 5.25 Å². The Morgan fingerprint density at radius 1 is 1.40 bits per heavy atom. The fraction of sp³-hybridized carbons (Fsp3) is 0.417. The van der Waals surface area contributed by atoms with Gasteiger partial charge in [0.1, 0.15) is 0 Å². The highest BCUT2D eigenvalue weighted by Gasteiger charge is 2.17. The zero-order valence-electron chi connectivity index (χ0n) is 9.14. The van der Waals surface area contributed by atoms with E-state index in [-0.39, 0.29) is 11.2 Å². The third-order valence-electron chi connectivity index (χ3n) is 2.31. The SMILES string of the molecule is CC[C@@H](S[C@@H](C)C(N)=O)c1ccccc1. The van der Waals surface area contributed by atoms with Gasteiger partial charge in [0.2, 0.25) is 5.91 Å². The zero-order chi connectivity index (χ0) is 11.3. The van der Waals surface area contributed by atoms with Crippen molar-refractivity contribution in [2.75, 3.05) is 0 Å². The summed E-state index contributed by atoms with van der Waals surface area (Å²) in [7, 11) is 0. The minimum absolute atomic E-state index is 0.129. The van der Waals surface area contributed by atoms with Crippen LogP contribution in [0.3, 0.4) is 0 Å². The van der Waals surface area contributed by atoms with Gasteiger partial charge in [-0.1, -0.05) is 37.3 Å². The van der Waals surface area contributed by atoms with Crippen molar-refractivity contribution in [3.63, 3.8) is 0 Å². The molecule has 0 fully saturated rings. The van der Waals surface area contributed by atoms with E-state index in [1.54, 1.807) is 11.8 Å². The smallest absolute Gasteiger partial charge is 0.230 e. The van der Waals surface area contributed by atoms with E-state index in [1.807, 2.05) is 25.1 Å². The molecule has 0 spiro atoms. The van der Waals surface area contributed by atoms with Gasteiger partial charge < -0.3 is 5.73 Å². The number of rotatable bonds is 5. The van der Waals surface area contributed by atoms with Crippen LogP contribution < -0.4 is 5.73 Å². The molecule has 0 unspecified atom stereocenters. The molecule has 1 aromatic rings. The van der Waals surface area contributed by atoms with Crippen LogP contribution in [0.4, 0.5) is 0 Å². The number of nitrogens with two attached hydrogens (primary N) is 1. The van der Waals surface area contributed by atoms with Crippen molar-refractivity contribution in [1.29, 1.82) is 0 Å². The third-order valence-corrected chi connectivity index (χ3v) is 3.89. The van der Waals surface area contributed by atoms with E-state index in [1.165, 1.54) is 5.56 Å². The molecule has 0 aliphatic rings. The first-order valence-corrected chi connectivity index (χ1v) is 6.09. The van der Waals surface area contributed by atoms with Crippen LogP contribution in [0.5, 0.6) is 0 Å². The van der Waals surface area contributed by atoms with Gasteiger partial charge in [-0.05, 0) is 18.9 Å². The maximum atomic E-state index is 11.0. The summed E-state index contributed by atoms with van der Waals surface area (Å²) in [5, 5.41) is 0.226. The number of hydrogen-bond donors (Lipinski definition) is 1. The lowest BCUT2D eigenvalue weighted by molar-refractivity contribution is -0.117. The maximum Gasteiger partial charge on any atom is 0.230 e. The topological polar surface area (TPSA) is 43.1 Å². The van der Waals surface area contributed by atoms with Gasteiger partial charge in [0.05, 0.1) is 5.25 Å². The summed E-state index contributed by atoms with van der Waals surface area (Å²) < 4.78 is 0. The fourth-order valence-electron chi connectivity index (χ4n) is 1.39. The molecule has 82 valence electrons. The van der Waals surface area contributed by atoms with Crippen LogP contribution in [0.25, 0.3) is 0 Å². The number of carbonyl (C=O) groups is 1. The summed E-state index contributed by atoms with van der Waals surface area (Å²) in [6.07, 6.45) is 1.01. The lowest BCUT2D eigenvalue weighted by Crippen LogP contribution is -2.23. The quantitative estimate of drug-likeness (QED) is 0.834. The minimum Gasteiger partial charge on any atom is -0.369 e. The molecule has 0 radical (unpaired) electrons. The normalized spacial score (nSPS) is 14.5. The molecule has 2 nitrogen and oxygen atoms in total. The Hall–Kier alpha value is -0.960. The van der Waals surface area contributed by atoms with Crippen molar-refractivity contribution >= 4 is 17.7 Å². The maximum absolute atomic E-state index is 11.0. The monoisotopic (exact) mass is 223 g/mol. The Balaban J connectivity index is 2.69. The van der Waals surface area contributed by atoms with Crippen LogP contribution in [0.1, 0.15) is 31.1 Å². The van der Waals surface area contributed by atoms with E-state index >= 15 is 0 Å². The summed E-state index contributed by atoms with van der Waals surface area (Å²) in [6, 6.07) is 10.2. The van der Waals surface area contributed by atoms with Crippen LogP contribution in [0, 0.1) is 0 Å². The van der Waals surface area contributed by atoms with Crippen LogP contribution in [0.15, 0.2) is 30.3 Å². The second kappa shape index (κ2) is 5.81. The largest absolute Gasteiger partial charge is 0.369 e. The highest BCUT2D eigenvalue weighted by atomic mass is 32.2. The van der Waals surface area contributed by atoms with Gasteiger partial charge in [-0.15, -0.1) is 11.8 Å². The van der Waals surface area contributed by atoms with E-state index in [2.05, 4.69) is 19.1 Å². The summed E-state index contributed by atoms with van der Waals surface area (Å²) >= 11 is 1.63. The fourth-order valence-corrected chi connectivity index (χ4v) is 2.53. The molecule has 0 saturated heterocycles. The number of benzene rings is 1. The molecule has 0 aromatic heterocycles. The molecule has 0 saturated carbocycles. The Labute approximate surface area is 95.2 Å². The Bertz CT molecular complexity index is 313. The minimum atomic E-state index is -0.241. The predicted octanol–water partition coefficient (Wildman–Crippen LogP) is 2.74. The van der Waals surface area contributed by atoms with E-state index in [4.69, 9.17) is 5.73 Å².